The van der Waals surface area contributed by atoms with Crippen LogP contribution in [0.25, 0.3) is 0 Å². The zero-order valence-corrected chi connectivity index (χ0v) is 16.6. The lowest BCUT2D eigenvalue weighted by Gasteiger charge is -2.35. The van der Waals surface area contributed by atoms with Crippen LogP contribution in [0.1, 0.15) is 36.7 Å². The van der Waals surface area contributed by atoms with E-state index in [9.17, 15) is 22.4 Å². The lowest BCUT2D eigenvalue weighted by atomic mass is 9.98. The number of carbonyl (C=O) groups excluding carboxylic acids is 1. The molecule has 0 N–H and O–H groups in total. The molecule has 3 atom stereocenters. The minimum absolute atomic E-state index is 0.131. The summed E-state index contributed by atoms with van der Waals surface area (Å²) in [5, 5.41) is 0. The first-order chi connectivity index (χ1) is 14.2. The molecule has 3 rings (SSSR count). The average molecular weight is 427 g/mol. The number of ether oxygens (including phenoxy) is 3. The minimum Gasteiger partial charge on any atom is -0.496 e. The average Bonchev–Trinajstić information content (AvgIpc) is 2.99. The van der Waals surface area contributed by atoms with E-state index in [2.05, 4.69) is 4.74 Å². The van der Waals surface area contributed by atoms with Crippen LogP contribution >= 0.6 is 0 Å². The van der Waals surface area contributed by atoms with Crippen LogP contribution in [0.3, 0.4) is 0 Å². The molecule has 2 aromatic carbocycles. The first-order valence-electron chi connectivity index (χ1n) is 9.19. The second kappa shape index (κ2) is 8.51. The Morgan fingerprint density at radius 2 is 1.67 bits per heavy atom. The van der Waals surface area contributed by atoms with E-state index in [1.54, 1.807) is 25.1 Å². The number of halogens is 4. The van der Waals surface area contributed by atoms with Gasteiger partial charge in [0.15, 0.2) is 6.23 Å². The summed E-state index contributed by atoms with van der Waals surface area (Å²) < 4.78 is 68.8. The highest BCUT2D eigenvalue weighted by molar-refractivity contribution is 5.82. The maximum Gasteiger partial charge on any atom is 0.524 e. The zero-order chi connectivity index (χ0) is 22.1. The van der Waals surface area contributed by atoms with Crippen LogP contribution < -0.4 is 9.47 Å². The van der Waals surface area contributed by atoms with Gasteiger partial charge in [0, 0.05) is 11.5 Å². The molecular formula is C21H21F4NO4. The van der Waals surface area contributed by atoms with Crippen molar-refractivity contribution in [2.24, 2.45) is 5.92 Å². The molecule has 1 heterocycles. The van der Waals surface area contributed by atoms with Gasteiger partial charge in [-0.05, 0) is 30.7 Å². The highest BCUT2D eigenvalue weighted by Crippen LogP contribution is 2.49. The van der Waals surface area contributed by atoms with Gasteiger partial charge in [-0.15, -0.1) is 13.2 Å². The number of methoxy groups -OCH3 is 2. The quantitative estimate of drug-likeness (QED) is 0.610. The third-order valence-corrected chi connectivity index (χ3v) is 5.02. The summed E-state index contributed by atoms with van der Waals surface area (Å²) in [7, 11) is 2.83. The number of hydrogen-bond acceptors (Lipinski definition) is 4. The van der Waals surface area contributed by atoms with E-state index in [1.807, 2.05) is 0 Å². The van der Waals surface area contributed by atoms with Gasteiger partial charge in [-0.1, -0.05) is 25.1 Å². The fourth-order valence-electron chi connectivity index (χ4n) is 3.77. The van der Waals surface area contributed by atoms with Gasteiger partial charge in [0.2, 0.25) is 5.91 Å². The normalized spacial score (nSPS) is 20.4. The van der Waals surface area contributed by atoms with Crippen LogP contribution in [0.4, 0.5) is 17.6 Å². The molecule has 0 bridgehead atoms. The van der Waals surface area contributed by atoms with Gasteiger partial charge in [-0.3, -0.25) is 9.53 Å². The Labute approximate surface area is 171 Å². The molecule has 0 aliphatic carbocycles. The van der Waals surface area contributed by atoms with Crippen molar-refractivity contribution >= 4 is 5.91 Å². The van der Waals surface area contributed by atoms with Gasteiger partial charge in [0.25, 0.3) is 0 Å². The third kappa shape index (κ3) is 4.35. The van der Waals surface area contributed by atoms with E-state index in [-0.39, 0.29) is 12.0 Å². The lowest BCUT2D eigenvalue weighted by Crippen LogP contribution is -2.38. The van der Waals surface area contributed by atoms with Gasteiger partial charge in [-0.2, -0.15) is 0 Å². The number of carbonyl (C=O) groups is 1. The van der Waals surface area contributed by atoms with E-state index in [0.717, 1.165) is 17.0 Å². The third-order valence-electron chi connectivity index (χ3n) is 5.02. The first-order valence-corrected chi connectivity index (χ1v) is 9.19. The summed E-state index contributed by atoms with van der Waals surface area (Å²) in [5.74, 6) is -1.16. The molecule has 1 aliphatic heterocycles. The Kier molecular flexibility index (Phi) is 6.21. The Hall–Kier alpha value is -2.81. The smallest absolute Gasteiger partial charge is 0.496 e. The van der Waals surface area contributed by atoms with E-state index in [4.69, 9.17) is 9.47 Å². The molecular weight excluding hydrogens is 406 g/mol. The Bertz CT molecular complexity index is 896. The van der Waals surface area contributed by atoms with Crippen LogP contribution in [0.2, 0.25) is 0 Å². The minimum atomic E-state index is -5.06. The van der Waals surface area contributed by atoms with Crippen molar-refractivity contribution in [3.63, 3.8) is 0 Å². The highest BCUT2D eigenvalue weighted by Gasteiger charge is 2.48. The van der Waals surface area contributed by atoms with Crippen LogP contribution in [0, 0.1) is 11.7 Å². The number of hydrogen-bond donors (Lipinski definition) is 0. The highest BCUT2D eigenvalue weighted by atomic mass is 19.4. The topological polar surface area (TPSA) is 48.0 Å². The summed E-state index contributed by atoms with van der Waals surface area (Å²) >= 11 is 0. The second-order valence-corrected chi connectivity index (χ2v) is 6.95. The summed E-state index contributed by atoms with van der Waals surface area (Å²) in [4.78, 5) is 14.0. The summed E-state index contributed by atoms with van der Waals surface area (Å²) in [6.07, 6.45) is -6.72. The molecule has 30 heavy (non-hydrogen) atoms. The van der Waals surface area contributed by atoms with Crippen LogP contribution in [0.15, 0.2) is 42.5 Å². The fourth-order valence-corrected chi connectivity index (χ4v) is 3.77. The molecule has 0 aromatic heterocycles. The van der Waals surface area contributed by atoms with E-state index in [1.165, 1.54) is 26.4 Å². The van der Waals surface area contributed by atoms with Crippen molar-refractivity contribution in [1.82, 2.24) is 4.90 Å². The summed E-state index contributed by atoms with van der Waals surface area (Å²) in [5.41, 5.74) is 0.293. The Morgan fingerprint density at radius 1 is 1.07 bits per heavy atom. The standard InChI is InChI=1S/C21H21F4NO4/c1-12-10-15(18-16(28-2)8-5-9-17(18)29-3)26(19(12)27)20(30-21(23,24)25)13-6-4-7-14(22)11-13/h4-9,11-12,15,20H,10H2,1-3H3. The molecule has 9 heteroatoms. The number of benzene rings is 2. The van der Waals surface area contributed by atoms with Crippen LogP contribution in [-0.2, 0) is 9.53 Å². The van der Waals surface area contributed by atoms with Crippen molar-refractivity contribution in [2.75, 3.05) is 14.2 Å². The Morgan fingerprint density at radius 3 is 2.20 bits per heavy atom. The summed E-state index contributed by atoms with van der Waals surface area (Å²) in [6, 6.07) is 8.66. The molecule has 1 fully saturated rings. The van der Waals surface area contributed by atoms with Gasteiger partial charge < -0.3 is 14.4 Å². The molecule has 1 saturated heterocycles. The number of rotatable bonds is 6. The largest absolute Gasteiger partial charge is 0.524 e. The van der Waals surface area contributed by atoms with Gasteiger partial charge >= 0.3 is 6.36 Å². The molecule has 2 aromatic rings. The van der Waals surface area contributed by atoms with E-state index >= 15 is 0 Å². The summed E-state index contributed by atoms with van der Waals surface area (Å²) in [6.45, 7) is 1.62. The van der Waals surface area contributed by atoms with Gasteiger partial charge in [0.1, 0.15) is 17.3 Å². The zero-order valence-electron chi connectivity index (χ0n) is 16.6. The molecule has 162 valence electrons. The molecule has 5 nitrogen and oxygen atoms in total. The predicted molar refractivity (Wildman–Crippen MR) is 99.2 cm³/mol. The molecule has 1 amide bonds. The molecule has 1 aliphatic rings. The molecule has 0 saturated carbocycles. The maximum absolute atomic E-state index is 13.8. The van der Waals surface area contributed by atoms with Crippen molar-refractivity contribution in [2.45, 2.75) is 32.0 Å². The number of likely N-dealkylation sites (tertiary alicyclic amines) is 1. The van der Waals surface area contributed by atoms with Crippen molar-refractivity contribution in [3.8, 4) is 11.5 Å². The first kappa shape index (κ1) is 21.9. The van der Waals surface area contributed by atoms with Crippen LogP contribution in [0.5, 0.6) is 11.5 Å². The van der Waals surface area contributed by atoms with Crippen molar-refractivity contribution < 1.29 is 36.6 Å². The maximum atomic E-state index is 13.8. The van der Waals surface area contributed by atoms with Crippen LogP contribution in [-0.4, -0.2) is 31.4 Å². The number of amides is 1. The molecule has 3 unspecified atom stereocenters. The number of alkyl halides is 3. The van der Waals surface area contributed by atoms with Crippen molar-refractivity contribution in [3.05, 3.63) is 59.4 Å². The fraction of sp³-hybridized carbons (Fsp3) is 0.381. The van der Waals surface area contributed by atoms with E-state index in [0.29, 0.717) is 17.1 Å². The van der Waals surface area contributed by atoms with Gasteiger partial charge in [-0.25, -0.2) is 4.39 Å². The van der Waals surface area contributed by atoms with Crippen molar-refractivity contribution in [1.29, 1.82) is 0 Å². The molecule has 0 radical (unpaired) electrons. The van der Waals surface area contributed by atoms with Gasteiger partial charge in [0.05, 0.1) is 25.8 Å². The monoisotopic (exact) mass is 427 g/mol. The predicted octanol–water partition coefficient (Wildman–Crippen LogP) is 4.99. The molecule has 0 spiro atoms. The number of nitrogens with zero attached hydrogens (tertiary/aromatic N) is 1. The SMILES string of the molecule is COc1cccc(OC)c1C1CC(C)C(=O)N1C(OC(F)(F)F)c1cccc(F)c1. The lowest BCUT2D eigenvalue weighted by molar-refractivity contribution is -0.361. The second-order valence-electron chi connectivity index (χ2n) is 6.95. The Balaban J connectivity index is 2.17. The van der Waals surface area contributed by atoms with E-state index < -0.39 is 36.3 Å².